The fourth-order valence-electron chi connectivity index (χ4n) is 2.40. The summed E-state index contributed by atoms with van der Waals surface area (Å²) in [5, 5.41) is 7.86. The summed E-state index contributed by atoms with van der Waals surface area (Å²) in [6.45, 7) is 1.86. The molecular weight excluding hydrogens is 342 g/mol. The molecule has 0 unspecified atom stereocenters. The molecule has 0 saturated heterocycles. The number of benzene rings is 2. The first kappa shape index (κ1) is 16.6. The van der Waals surface area contributed by atoms with Crippen LogP contribution in [0.15, 0.2) is 59.6 Å². The van der Waals surface area contributed by atoms with Crippen molar-refractivity contribution in [3.05, 3.63) is 71.0 Å². The van der Waals surface area contributed by atoms with E-state index < -0.39 is 0 Å². The van der Waals surface area contributed by atoms with Crippen molar-refractivity contribution >= 4 is 35.0 Å². The maximum Gasteiger partial charge on any atom is 0.259 e. The minimum Gasteiger partial charge on any atom is -0.322 e. The number of rotatable bonds is 4. The van der Waals surface area contributed by atoms with Gasteiger partial charge in [0.2, 0.25) is 0 Å². The fourth-order valence-corrected chi connectivity index (χ4v) is 3.04. The predicted octanol–water partition coefficient (Wildman–Crippen LogP) is 4.81. The number of nitrogens with zero attached hydrogens (tertiary/aromatic N) is 2. The molecule has 0 aliphatic carbocycles. The third-order valence-electron chi connectivity index (χ3n) is 3.63. The number of thioether (sulfide) groups is 1. The van der Waals surface area contributed by atoms with Gasteiger partial charge in [-0.25, -0.2) is 4.68 Å². The SMILES string of the molecule is CSc1cccc(NC(=O)c2cnn(-c3cccc(Cl)c3)c2C)c1. The molecule has 0 aliphatic heterocycles. The number of anilines is 1. The second-order valence-electron chi connectivity index (χ2n) is 5.22. The lowest BCUT2D eigenvalue weighted by atomic mass is 10.2. The lowest BCUT2D eigenvalue weighted by Gasteiger charge is -2.08. The maximum absolute atomic E-state index is 12.5. The van der Waals surface area contributed by atoms with Crippen molar-refractivity contribution in [1.29, 1.82) is 0 Å². The van der Waals surface area contributed by atoms with Crippen LogP contribution < -0.4 is 5.32 Å². The van der Waals surface area contributed by atoms with Gasteiger partial charge >= 0.3 is 0 Å². The fraction of sp³-hybridized carbons (Fsp3) is 0.111. The summed E-state index contributed by atoms with van der Waals surface area (Å²) in [7, 11) is 0. The van der Waals surface area contributed by atoms with Gasteiger partial charge in [0.25, 0.3) is 5.91 Å². The molecule has 122 valence electrons. The average Bonchev–Trinajstić information content (AvgIpc) is 2.96. The number of carbonyl (C=O) groups is 1. The normalized spacial score (nSPS) is 10.6. The van der Waals surface area contributed by atoms with Gasteiger partial charge in [0.05, 0.1) is 23.1 Å². The predicted molar refractivity (Wildman–Crippen MR) is 99.5 cm³/mol. The summed E-state index contributed by atoms with van der Waals surface area (Å²) in [4.78, 5) is 13.6. The van der Waals surface area contributed by atoms with Gasteiger partial charge in [-0.2, -0.15) is 5.10 Å². The minimum atomic E-state index is -0.181. The van der Waals surface area contributed by atoms with Gasteiger partial charge in [0.15, 0.2) is 0 Å². The second-order valence-corrected chi connectivity index (χ2v) is 6.54. The highest BCUT2D eigenvalue weighted by Crippen LogP contribution is 2.21. The number of aromatic nitrogens is 2. The second kappa shape index (κ2) is 7.11. The van der Waals surface area contributed by atoms with Crippen molar-refractivity contribution in [3.63, 3.8) is 0 Å². The molecule has 4 nitrogen and oxygen atoms in total. The van der Waals surface area contributed by atoms with Crippen molar-refractivity contribution in [2.45, 2.75) is 11.8 Å². The lowest BCUT2D eigenvalue weighted by Crippen LogP contribution is -2.13. The Kier molecular flexibility index (Phi) is 4.92. The molecule has 1 N–H and O–H groups in total. The summed E-state index contributed by atoms with van der Waals surface area (Å²) < 4.78 is 1.71. The number of carbonyl (C=O) groups excluding carboxylic acids is 1. The summed E-state index contributed by atoms with van der Waals surface area (Å²) in [6, 6.07) is 15.1. The molecule has 0 atom stereocenters. The van der Waals surface area contributed by atoms with Crippen molar-refractivity contribution < 1.29 is 4.79 Å². The molecule has 2 aromatic carbocycles. The molecule has 0 bridgehead atoms. The first-order chi connectivity index (χ1) is 11.6. The summed E-state index contributed by atoms with van der Waals surface area (Å²) >= 11 is 7.66. The molecule has 24 heavy (non-hydrogen) atoms. The molecule has 0 aliphatic rings. The number of amides is 1. The Morgan fingerprint density at radius 3 is 2.75 bits per heavy atom. The smallest absolute Gasteiger partial charge is 0.259 e. The van der Waals surface area contributed by atoms with E-state index in [1.165, 1.54) is 0 Å². The van der Waals surface area contributed by atoms with E-state index in [0.717, 1.165) is 22.0 Å². The Balaban J connectivity index is 1.86. The topological polar surface area (TPSA) is 46.9 Å². The van der Waals surface area contributed by atoms with Crippen LogP contribution in [0, 0.1) is 6.92 Å². The molecule has 1 aromatic heterocycles. The standard InChI is InChI=1S/C18H16ClN3OS/c1-12-17(11-20-22(12)15-7-3-5-13(19)9-15)18(23)21-14-6-4-8-16(10-14)24-2/h3-11H,1-2H3,(H,21,23). The van der Waals surface area contributed by atoms with E-state index in [9.17, 15) is 4.79 Å². The van der Waals surface area contributed by atoms with Gasteiger partial charge in [-0.3, -0.25) is 4.79 Å². The van der Waals surface area contributed by atoms with Crippen molar-refractivity contribution in [2.24, 2.45) is 0 Å². The van der Waals surface area contributed by atoms with Crippen molar-refractivity contribution in [3.8, 4) is 5.69 Å². The summed E-state index contributed by atoms with van der Waals surface area (Å²) in [6.07, 6.45) is 3.57. The Hall–Kier alpha value is -2.24. The molecular formula is C18H16ClN3OS. The number of hydrogen-bond acceptors (Lipinski definition) is 3. The molecule has 3 aromatic rings. The van der Waals surface area contributed by atoms with Crippen LogP contribution in [0.5, 0.6) is 0 Å². The van der Waals surface area contributed by atoms with E-state index >= 15 is 0 Å². The van der Waals surface area contributed by atoms with E-state index in [1.807, 2.05) is 55.6 Å². The zero-order valence-corrected chi connectivity index (χ0v) is 14.9. The lowest BCUT2D eigenvalue weighted by molar-refractivity contribution is 0.102. The molecule has 0 saturated carbocycles. The van der Waals surface area contributed by atoms with Crippen LogP contribution in [-0.4, -0.2) is 21.9 Å². The molecule has 0 fully saturated rings. The van der Waals surface area contributed by atoms with Gasteiger partial charge in [-0.1, -0.05) is 23.7 Å². The highest BCUT2D eigenvalue weighted by Gasteiger charge is 2.15. The summed E-state index contributed by atoms with van der Waals surface area (Å²) in [5.74, 6) is -0.181. The number of hydrogen-bond donors (Lipinski definition) is 1. The van der Waals surface area contributed by atoms with Crippen LogP contribution in [-0.2, 0) is 0 Å². The van der Waals surface area contributed by atoms with Crippen LogP contribution in [0.1, 0.15) is 16.1 Å². The van der Waals surface area contributed by atoms with Crippen LogP contribution in [0.2, 0.25) is 5.02 Å². The zero-order chi connectivity index (χ0) is 17.1. The molecule has 0 spiro atoms. The molecule has 3 rings (SSSR count). The highest BCUT2D eigenvalue weighted by atomic mass is 35.5. The molecule has 1 heterocycles. The number of halogens is 1. The highest BCUT2D eigenvalue weighted by molar-refractivity contribution is 7.98. The quantitative estimate of drug-likeness (QED) is 0.682. The zero-order valence-electron chi connectivity index (χ0n) is 13.3. The van der Waals surface area contributed by atoms with Crippen LogP contribution in [0.25, 0.3) is 5.69 Å². The molecule has 0 radical (unpaired) electrons. The molecule has 1 amide bonds. The van der Waals surface area contributed by atoms with Gasteiger partial charge in [0.1, 0.15) is 0 Å². The minimum absolute atomic E-state index is 0.181. The Morgan fingerprint density at radius 2 is 2.00 bits per heavy atom. The van der Waals surface area contributed by atoms with Crippen molar-refractivity contribution in [2.75, 3.05) is 11.6 Å². The van der Waals surface area contributed by atoms with Crippen LogP contribution >= 0.6 is 23.4 Å². The van der Waals surface area contributed by atoms with Crippen LogP contribution in [0.4, 0.5) is 5.69 Å². The maximum atomic E-state index is 12.5. The molecule has 6 heteroatoms. The third-order valence-corrected chi connectivity index (χ3v) is 4.60. The van der Waals surface area contributed by atoms with Gasteiger partial charge in [-0.15, -0.1) is 11.8 Å². The van der Waals surface area contributed by atoms with Crippen molar-refractivity contribution in [1.82, 2.24) is 9.78 Å². The number of nitrogens with one attached hydrogen (secondary N) is 1. The monoisotopic (exact) mass is 357 g/mol. The van der Waals surface area contributed by atoms with Crippen LogP contribution in [0.3, 0.4) is 0 Å². The van der Waals surface area contributed by atoms with Gasteiger partial charge in [-0.05, 0) is 49.6 Å². The first-order valence-electron chi connectivity index (χ1n) is 7.34. The largest absolute Gasteiger partial charge is 0.322 e. The third kappa shape index (κ3) is 3.47. The van der Waals surface area contributed by atoms with E-state index in [-0.39, 0.29) is 5.91 Å². The Bertz CT molecular complexity index is 891. The van der Waals surface area contributed by atoms with E-state index in [1.54, 1.807) is 28.7 Å². The first-order valence-corrected chi connectivity index (χ1v) is 8.95. The average molecular weight is 358 g/mol. The Labute approximate surface area is 149 Å². The van der Waals surface area contributed by atoms with E-state index in [2.05, 4.69) is 10.4 Å². The summed E-state index contributed by atoms with van der Waals surface area (Å²) in [5.41, 5.74) is 2.88. The van der Waals surface area contributed by atoms with E-state index in [4.69, 9.17) is 11.6 Å². The van der Waals surface area contributed by atoms with Gasteiger partial charge < -0.3 is 5.32 Å². The van der Waals surface area contributed by atoms with Gasteiger partial charge in [0, 0.05) is 15.6 Å². The van der Waals surface area contributed by atoms with E-state index in [0.29, 0.717) is 10.6 Å². The Morgan fingerprint density at radius 1 is 1.21 bits per heavy atom.